The van der Waals surface area contributed by atoms with Gasteiger partial charge in [-0.05, 0) is 35.2 Å². The Balaban J connectivity index is 1.21. The lowest BCUT2D eigenvalue weighted by molar-refractivity contribution is -0.268. The van der Waals surface area contributed by atoms with E-state index in [1.54, 1.807) is 11.8 Å². The third kappa shape index (κ3) is 13.4. The van der Waals surface area contributed by atoms with Gasteiger partial charge in [-0.1, -0.05) is 152 Å². The van der Waals surface area contributed by atoms with Gasteiger partial charge in [-0.15, -0.1) is 11.8 Å². The van der Waals surface area contributed by atoms with Crippen LogP contribution in [-0.2, 0) is 27.4 Å². The molecule has 0 saturated carbocycles. The van der Waals surface area contributed by atoms with Gasteiger partial charge in [-0.3, -0.25) is 4.79 Å². The number of hydrogen-bond acceptors (Lipinski definition) is 6. The molecule has 4 N–H and O–H groups in total. The van der Waals surface area contributed by atoms with Gasteiger partial charge in [-0.25, -0.2) is 0 Å². The van der Waals surface area contributed by atoms with Crippen molar-refractivity contribution in [3.63, 3.8) is 0 Å². The molecule has 7 heteroatoms. The first-order chi connectivity index (χ1) is 24.0. The Kier molecular flexibility index (Phi) is 17.6. The Labute approximate surface area is 299 Å². The molecule has 1 aliphatic rings. The monoisotopic (exact) mass is 688 g/mol. The summed E-state index contributed by atoms with van der Waals surface area (Å²) in [4.78, 5) is 13.6. The van der Waals surface area contributed by atoms with Gasteiger partial charge < -0.3 is 25.6 Å². The average molecular weight is 689 g/mol. The molecule has 4 rings (SSSR count). The number of nitrogen functional groups attached to an aromatic ring is 1. The number of unbranched alkanes of at least 4 members (excludes halogenated alkanes) is 12. The minimum Gasteiger partial charge on any atom is -0.398 e. The number of hydrogen-bond donors (Lipinski definition) is 3. The van der Waals surface area contributed by atoms with E-state index in [1.165, 1.54) is 70.6 Å². The molecule has 1 fully saturated rings. The van der Waals surface area contributed by atoms with Crippen LogP contribution in [0.2, 0.25) is 0 Å². The normalized spacial score (nSPS) is 19.2. The number of anilines is 1. The molecule has 1 saturated heterocycles. The number of carbonyl (C=O) groups excluding carboxylic acids is 1. The Morgan fingerprint density at radius 1 is 0.755 bits per heavy atom. The number of benzene rings is 3. The predicted molar refractivity (Wildman–Crippen MR) is 203 cm³/mol. The number of ether oxygens (including phenoxy) is 2. The molecule has 4 atom stereocenters. The highest BCUT2D eigenvalue weighted by Gasteiger charge is 2.38. The zero-order chi connectivity index (χ0) is 34.7. The van der Waals surface area contributed by atoms with Crippen LogP contribution in [0.3, 0.4) is 0 Å². The van der Waals surface area contributed by atoms with Crippen molar-refractivity contribution in [3.8, 4) is 0 Å². The molecule has 268 valence electrons. The van der Waals surface area contributed by atoms with Crippen LogP contribution in [0, 0.1) is 5.92 Å². The fraction of sp³-hybridized carbons (Fsp3) is 0.548. The van der Waals surface area contributed by atoms with E-state index in [1.807, 2.05) is 72.8 Å². The summed E-state index contributed by atoms with van der Waals surface area (Å²) >= 11 is 1.71. The quantitative estimate of drug-likeness (QED) is 0.0553. The summed E-state index contributed by atoms with van der Waals surface area (Å²) in [6.07, 6.45) is 16.8. The first-order valence-electron chi connectivity index (χ1n) is 18.8. The second-order valence-corrected chi connectivity index (χ2v) is 14.7. The van der Waals surface area contributed by atoms with Crippen molar-refractivity contribution in [2.45, 2.75) is 140 Å². The minimum absolute atomic E-state index is 0.0110. The molecular weight excluding hydrogens is 629 g/mol. The fourth-order valence-corrected chi connectivity index (χ4v) is 7.61. The third-order valence-electron chi connectivity index (χ3n) is 9.69. The van der Waals surface area contributed by atoms with Gasteiger partial charge in [0.05, 0.1) is 18.8 Å². The zero-order valence-electron chi connectivity index (χ0n) is 29.9. The second kappa shape index (κ2) is 22.1. The van der Waals surface area contributed by atoms with Crippen molar-refractivity contribution in [2.24, 2.45) is 5.92 Å². The SMILES string of the molecule is CCCCCCCCCCCCCCCC(=O)NCc1ccc(C2O[C@H](CSc3ccccc3N)[C@H](C)[C@H](c3ccc(CO)cc3)O2)cc1. The number of amides is 1. The Morgan fingerprint density at radius 3 is 1.94 bits per heavy atom. The maximum atomic E-state index is 12.5. The van der Waals surface area contributed by atoms with Crippen molar-refractivity contribution in [1.82, 2.24) is 5.32 Å². The number of nitrogens with two attached hydrogens (primary N) is 1. The standard InChI is InChI=1S/C42H60N2O4S/c1-3-4-5-6-7-8-9-10-11-12-13-14-15-20-40(46)44-29-33-21-27-36(28-22-33)42-47-38(31-49-39-19-17-16-18-37(39)43)32(2)41(48-42)35-25-23-34(30-45)24-26-35/h16-19,21-28,32,38,41-42,45H,3-15,20,29-31,43H2,1-2H3,(H,44,46)/t32-,38+,41+,42?/m0/s1. The summed E-state index contributed by atoms with van der Waals surface area (Å²) in [5.41, 5.74) is 10.9. The topological polar surface area (TPSA) is 93.8 Å². The molecule has 1 amide bonds. The zero-order valence-corrected chi connectivity index (χ0v) is 30.7. The largest absolute Gasteiger partial charge is 0.398 e. The van der Waals surface area contributed by atoms with Crippen molar-refractivity contribution in [2.75, 3.05) is 11.5 Å². The Hall–Kier alpha value is -2.84. The summed E-state index contributed by atoms with van der Waals surface area (Å²) in [7, 11) is 0. The fourth-order valence-electron chi connectivity index (χ4n) is 6.48. The second-order valence-electron chi connectivity index (χ2n) is 13.7. The number of rotatable bonds is 22. The van der Waals surface area contributed by atoms with Gasteiger partial charge in [0, 0.05) is 40.8 Å². The molecule has 0 aliphatic carbocycles. The molecule has 0 radical (unpaired) electrons. The number of thioether (sulfide) groups is 1. The molecule has 1 aliphatic heterocycles. The Bertz CT molecular complexity index is 1350. The lowest BCUT2D eigenvalue weighted by atomic mass is 9.91. The maximum Gasteiger partial charge on any atom is 0.220 e. The summed E-state index contributed by atoms with van der Waals surface area (Å²) in [5, 5.41) is 12.6. The highest BCUT2D eigenvalue weighted by Crippen LogP contribution is 2.43. The van der Waals surface area contributed by atoms with E-state index >= 15 is 0 Å². The maximum absolute atomic E-state index is 12.5. The van der Waals surface area contributed by atoms with Gasteiger partial charge in [0.1, 0.15) is 0 Å². The molecule has 1 heterocycles. The highest BCUT2D eigenvalue weighted by molar-refractivity contribution is 7.99. The lowest BCUT2D eigenvalue weighted by Crippen LogP contribution is -2.38. The first kappa shape index (κ1) is 39.0. The van der Waals surface area contributed by atoms with Crippen molar-refractivity contribution in [3.05, 3.63) is 95.1 Å². The van der Waals surface area contributed by atoms with Crippen LogP contribution < -0.4 is 11.1 Å². The van der Waals surface area contributed by atoms with Crippen LogP contribution >= 0.6 is 11.8 Å². The van der Waals surface area contributed by atoms with Crippen LogP contribution in [0.15, 0.2) is 77.7 Å². The van der Waals surface area contributed by atoms with Gasteiger partial charge in [0.25, 0.3) is 0 Å². The van der Waals surface area contributed by atoms with Crippen LogP contribution in [0.5, 0.6) is 0 Å². The molecule has 0 spiro atoms. The van der Waals surface area contributed by atoms with Crippen molar-refractivity contribution in [1.29, 1.82) is 0 Å². The van der Waals surface area contributed by atoms with E-state index in [0.29, 0.717) is 13.0 Å². The predicted octanol–water partition coefficient (Wildman–Crippen LogP) is 10.4. The number of carbonyl (C=O) groups is 1. The van der Waals surface area contributed by atoms with Crippen molar-refractivity contribution < 1.29 is 19.4 Å². The third-order valence-corrected chi connectivity index (χ3v) is 10.9. The molecule has 6 nitrogen and oxygen atoms in total. The molecule has 49 heavy (non-hydrogen) atoms. The van der Waals surface area contributed by atoms with E-state index in [4.69, 9.17) is 15.2 Å². The van der Waals surface area contributed by atoms with Gasteiger partial charge >= 0.3 is 0 Å². The average Bonchev–Trinajstić information content (AvgIpc) is 3.13. The van der Waals surface area contributed by atoms with E-state index in [-0.39, 0.29) is 30.6 Å². The summed E-state index contributed by atoms with van der Waals surface area (Å²) in [6.45, 7) is 4.97. The summed E-state index contributed by atoms with van der Waals surface area (Å²) in [6, 6.07) is 24.1. The number of para-hydroxylation sites is 1. The molecule has 3 aromatic rings. The minimum atomic E-state index is -0.531. The van der Waals surface area contributed by atoms with Crippen LogP contribution in [-0.4, -0.2) is 22.9 Å². The van der Waals surface area contributed by atoms with E-state index < -0.39 is 6.29 Å². The van der Waals surface area contributed by atoms with E-state index in [0.717, 1.165) is 51.4 Å². The van der Waals surface area contributed by atoms with Crippen LogP contribution in [0.1, 0.15) is 138 Å². The summed E-state index contributed by atoms with van der Waals surface area (Å²) in [5.74, 6) is 0.955. The number of nitrogens with one attached hydrogen (secondary N) is 1. The van der Waals surface area contributed by atoms with Gasteiger partial charge in [-0.2, -0.15) is 0 Å². The lowest BCUT2D eigenvalue weighted by Gasteiger charge is -2.41. The molecule has 0 bridgehead atoms. The highest BCUT2D eigenvalue weighted by atomic mass is 32.2. The Morgan fingerprint density at radius 2 is 1.33 bits per heavy atom. The molecule has 0 aromatic heterocycles. The molecule has 1 unspecified atom stereocenters. The molecular formula is C42H60N2O4S. The summed E-state index contributed by atoms with van der Waals surface area (Å²) < 4.78 is 13.2. The van der Waals surface area contributed by atoms with E-state index in [9.17, 15) is 9.90 Å². The number of aliphatic hydroxyl groups excluding tert-OH is 1. The molecule has 3 aromatic carbocycles. The van der Waals surface area contributed by atoms with Crippen LogP contribution in [0.25, 0.3) is 0 Å². The smallest absolute Gasteiger partial charge is 0.220 e. The van der Waals surface area contributed by atoms with Crippen molar-refractivity contribution >= 4 is 23.4 Å². The van der Waals surface area contributed by atoms with E-state index in [2.05, 4.69) is 19.2 Å². The number of aliphatic hydroxyl groups is 1. The van der Waals surface area contributed by atoms with Crippen LogP contribution in [0.4, 0.5) is 5.69 Å². The van der Waals surface area contributed by atoms with Gasteiger partial charge in [0.2, 0.25) is 5.91 Å². The first-order valence-corrected chi connectivity index (χ1v) is 19.8. The van der Waals surface area contributed by atoms with Gasteiger partial charge in [0.15, 0.2) is 6.29 Å².